The van der Waals surface area contributed by atoms with Gasteiger partial charge in [0.25, 0.3) is 0 Å². The smallest absolute Gasteiger partial charge is 0.335 e. The monoisotopic (exact) mass is 1420 g/mol. The molecule has 0 unspecified atom stereocenters. The zero-order valence-electron chi connectivity index (χ0n) is 58.0. The molecule has 0 aromatic heterocycles. The Morgan fingerprint density at radius 1 is 0.419 bits per heavy atom. The van der Waals surface area contributed by atoms with Gasteiger partial charge in [0.1, 0.15) is 18.5 Å². The molecule has 14 nitrogen and oxygen atoms in total. The van der Waals surface area contributed by atoms with Crippen LogP contribution in [0.1, 0.15) is 98.4 Å². The number of rotatable bonds is 22. The van der Waals surface area contributed by atoms with Crippen LogP contribution in [-0.4, -0.2) is 29.7 Å². The second-order valence-electron chi connectivity index (χ2n) is 23.6. The third-order valence-corrected chi connectivity index (χ3v) is 20.0. The van der Waals surface area contributed by atoms with Crippen molar-refractivity contribution in [2.75, 3.05) is 27.9 Å². The minimum absolute atomic E-state index is 0. The summed E-state index contributed by atoms with van der Waals surface area (Å²) in [5.41, 5.74) is 23.0. The van der Waals surface area contributed by atoms with Gasteiger partial charge in [-0.2, -0.15) is 15.8 Å². The van der Waals surface area contributed by atoms with Crippen molar-refractivity contribution < 1.29 is 33.2 Å². The average molecular weight is 1420 g/mol. The highest BCUT2D eigenvalue weighted by Gasteiger charge is 2.28. The van der Waals surface area contributed by atoms with E-state index < -0.39 is 14.7 Å². The summed E-state index contributed by atoms with van der Waals surface area (Å²) in [7, 11) is -7.19. The molecule has 0 bridgehead atoms. The number of carbonyl (C=O) groups is 1. The Bertz CT molecular complexity index is 5030. The van der Waals surface area contributed by atoms with Crippen molar-refractivity contribution in [3.8, 4) is 41.7 Å². The molecule has 0 saturated carbocycles. The van der Waals surface area contributed by atoms with Gasteiger partial charge < -0.3 is 34.0 Å². The number of anilines is 9. The fraction of sp³-hybridized carbons (Fsp3) is 0.112. The van der Waals surface area contributed by atoms with Gasteiger partial charge >= 0.3 is 7.60 Å². The summed E-state index contributed by atoms with van der Waals surface area (Å²) in [5, 5.41) is 46.5. The molecule has 0 aliphatic carbocycles. The highest BCUT2D eigenvalue weighted by molar-refractivity contribution is 7.73. The standard InChI is InChI=1S/C50H38N4.C20H17NO.C18H18N2O6P2.CH4/c1-37-14-26-46(27-15-37)53(44-10-6-4-7-11-44)48-30-20-39(21-31-48)18-24-41-35-50(52-3)42(34-43(41)36-51)25-19-40-22-32-49(33-23-40)54(45-12-8-5-9-13-45)47-28-16-38(2)17-29-47;1-16-7-11-19(12-8-16)21(18-5-3-2-4-6-18)20-13-9-17(15-22)10-14-20;1-3-25-28(24,26-4-2)14-18-10-15(11-19)17(9-16(18)12-20)13-27(23,7-5-21)8-6-22;/h4-35H,1-2H3;2-15H,1H3;9-10,21-22H,3-4,13-14H2,1-2H3;1H4. The lowest BCUT2D eigenvalue weighted by Crippen LogP contribution is -2.09. The van der Waals surface area contributed by atoms with Gasteiger partial charge in [-0.3, -0.25) is 13.9 Å². The van der Waals surface area contributed by atoms with Crippen LogP contribution in [0, 0.1) is 84.9 Å². The number of carbonyl (C=O) groups excluding carboxylic acids is 1. The number of nitrogens with zero attached hydrogens (tertiary/aromatic N) is 7. The van der Waals surface area contributed by atoms with Crippen molar-refractivity contribution in [2.24, 2.45) is 0 Å². The maximum atomic E-state index is 12.8. The van der Waals surface area contributed by atoms with E-state index in [1.54, 1.807) is 26.0 Å². The van der Waals surface area contributed by atoms with E-state index in [2.05, 4.69) is 204 Å². The number of hydrogen-bond acceptors (Lipinski definition) is 13. The van der Waals surface area contributed by atoms with E-state index in [0.717, 1.165) is 68.6 Å². The fourth-order valence-corrected chi connectivity index (χ4v) is 14.2. The Morgan fingerprint density at radius 2 is 0.733 bits per heavy atom. The normalized spacial score (nSPS) is 10.6. The molecule has 11 aromatic rings. The van der Waals surface area contributed by atoms with Crippen LogP contribution in [0.3, 0.4) is 0 Å². The molecule has 0 aliphatic rings. The molecule has 105 heavy (non-hydrogen) atoms. The number of nitriles is 3. The fourth-order valence-electron chi connectivity index (χ4n) is 11.2. The number of para-hydroxylation sites is 3. The third-order valence-electron chi connectivity index (χ3n) is 16.3. The maximum absolute atomic E-state index is 12.8. The Hall–Kier alpha value is -13.0. The van der Waals surface area contributed by atoms with Crippen molar-refractivity contribution in [1.29, 1.82) is 15.8 Å². The number of hydrogen-bond donors (Lipinski definition) is 2. The van der Waals surface area contributed by atoms with Crippen molar-refractivity contribution in [3.05, 3.63) is 345 Å². The van der Waals surface area contributed by atoms with Gasteiger partial charge in [-0.25, -0.2) is 4.85 Å². The van der Waals surface area contributed by atoms with E-state index in [9.17, 15) is 29.7 Å². The predicted molar refractivity (Wildman–Crippen MR) is 426 cm³/mol. The van der Waals surface area contributed by atoms with E-state index >= 15 is 0 Å². The van der Waals surface area contributed by atoms with Crippen LogP contribution in [0.4, 0.5) is 56.9 Å². The summed E-state index contributed by atoms with van der Waals surface area (Å²) < 4.78 is 35.8. The number of aldehydes is 1. The zero-order valence-corrected chi connectivity index (χ0v) is 59.8. The minimum Gasteiger partial charge on any atom is -0.462 e. The summed E-state index contributed by atoms with van der Waals surface area (Å²) in [6, 6.07) is 93.1. The maximum Gasteiger partial charge on any atom is 0.335 e. The van der Waals surface area contributed by atoms with E-state index in [-0.39, 0.29) is 55.2 Å². The number of aryl methyl sites for hydroxylation is 3. The van der Waals surface area contributed by atoms with Crippen molar-refractivity contribution in [2.45, 2.75) is 54.4 Å². The van der Waals surface area contributed by atoms with Crippen molar-refractivity contribution in [1.82, 2.24) is 0 Å². The van der Waals surface area contributed by atoms with Gasteiger partial charge in [0.05, 0.1) is 60.8 Å². The average Bonchev–Trinajstić information content (AvgIpc) is 0.853. The molecule has 11 aromatic carbocycles. The summed E-state index contributed by atoms with van der Waals surface area (Å²) in [6.07, 6.45) is 11.1. The predicted octanol–water partition coefficient (Wildman–Crippen LogP) is 23.6. The molecular formula is C89H77N7O7P2. The summed E-state index contributed by atoms with van der Waals surface area (Å²) in [5.74, 6) is 0. The van der Waals surface area contributed by atoms with Crippen LogP contribution in [0.15, 0.2) is 261 Å². The second kappa shape index (κ2) is 38.2. The molecule has 0 amide bonds. The molecule has 0 fully saturated rings. The molecular weight excluding hydrogens is 1340 g/mol. The number of benzene rings is 11. The Kier molecular flexibility index (Phi) is 28.3. The van der Waals surface area contributed by atoms with Crippen molar-refractivity contribution in [3.63, 3.8) is 0 Å². The lowest BCUT2D eigenvalue weighted by Gasteiger charge is -2.25. The first-order chi connectivity index (χ1) is 50.6. The molecule has 16 heteroatoms. The molecule has 0 radical (unpaired) electrons. The van der Waals surface area contributed by atoms with E-state index in [0.29, 0.717) is 27.9 Å². The Balaban J connectivity index is 0.000000228. The summed E-state index contributed by atoms with van der Waals surface area (Å²) >= 11 is 0. The Morgan fingerprint density at radius 3 is 1.05 bits per heavy atom. The SMILES string of the molecule is C.CCOP(=O)(Cc1cc(C#N)c(CP(=O)(C#CO)C#CO)cc1C#N)OCC.Cc1ccc(N(c2ccccc2)c2ccc(C=O)cc2)cc1.[C-]#[N+]c1cc(C=Cc2ccc(N(c3ccccc3)c3ccc(C)cc3)cc2)c(C#N)cc1C=Cc1ccc(N(c2ccccc2)c2ccc(C)cc2)cc1. The third kappa shape index (κ3) is 21.1. The molecule has 0 heterocycles. The van der Waals surface area contributed by atoms with Crippen molar-refractivity contribution >= 4 is 102 Å². The van der Waals surface area contributed by atoms with E-state index in [1.165, 1.54) is 41.0 Å². The second-order valence-corrected chi connectivity index (χ2v) is 27.9. The molecule has 0 aliphatic heterocycles. The van der Waals surface area contributed by atoms with Gasteiger partial charge in [0, 0.05) is 74.2 Å². The van der Waals surface area contributed by atoms with Crippen LogP contribution in [0.2, 0.25) is 0 Å². The quantitative estimate of drug-likeness (QED) is 0.0214. The van der Waals surface area contributed by atoms with Crippen LogP contribution in [0.25, 0.3) is 29.1 Å². The Labute approximate surface area is 616 Å². The summed E-state index contributed by atoms with van der Waals surface area (Å²) in [6.45, 7) is 17.8. The lowest BCUT2D eigenvalue weighted by atomic mass is 10.0. The number of aliphatic hydroxyl groups is 2. The highest BCUT2D eigenvalue weighted by Crippen LogP contribution is 2.53. The minimum atomic E-state index is -3.68. The molecule has 0 atom stereocenters. The first-order valence-electron chi connectivity index (χ1n) is 33.2. The largest absolute Gasteiger partial charge is 0.462 e. The first kappa shape index (κ1) is 77.8. The molecule has 0 saturated heterocycles. The zero-order chi connectivity index (χ0) is 73.9. The van der Waals surface area contributed by atoms with Gasteiger partial charge in [-0.1, -0.05) is 164 Å². The van der Waals surface area contributed by atoms with Crippen LogP contribution >= 0.6 is 14.7 Å². The first-order valence-corrected chi connectivity index (χ1v) is 36.8. The van der Waals surface area contributed by atoms with Crippen LogP contribution in [0.5, 0.6) is 0 Å². The van der Waals surface area contributed by atoms with E-state index in [1.807, 2.05) is 127 Å². The highest BCUT2D eigenvalue weighted by atomic mass is 31.2. The van der Waals surface area contributed by atoms with Gasteiger partial charge in [0.2, 0.25) is 7.14 Å². The summed E-state index contributed by atoms with van der Waals surface area (Å²) in [4.78, 5) is 21.3. The molecule has 0 spiro atoms. The van der Waals surface area contributed by atoms with Gasteiger partial charge in [-0.15, -0.1) is 0 Å². The lowest BCUT2D eigenvalue weighted by molar-refractivity contribution is 0.112. The molecule has 11 rings (SSSR count). The molecule has 520 valence electrons. The van der Waals surface area contributed by atoms with Crippen LogP contribution in [-0.2, 0) is 30.5 Å². The number of aliphatic hydroxyl groups excluding tert-OH is 2. The topological polar surface area (TPSA) is 196 Å². The van der Waals surface area contributed by atoms with E-state index in [4.69, 9.17) is 25.8 Å². The van der Waals surface area contributed by atoms with Gasteiger partial charge in [0.15, 0.2) is 5.69 Å². The van der Waals surface area contributed by atoms with Gasteiger partial charge in [-0.05, 0) is 214 Å². The van der Waals surface area contributed by atoms with Crippen LogP contribution < -0.4 is 14.7 Å². The molecule has 2 N–H and O–H groups in total.